The molecular formula is C20H25IN2. The Morgan fingerprint density at radius 2 is 1.74 bits per heavy atom. The lowest BCUT2D eigenvalue weighted by atomic mass is 9.88. The van der Waals surface area contributed by atoms with Crippen molar-refractivity contribution in [2.75, 3.05) is 32.7 Å². The van der Waals surface area contributed by atoms with E-state index in [4.69, 9.17) is 0 Å². The molecule has 1 aliphatic heterocycles. The van der Waals surface area contributed by atoms with Gasteiger partial charge >= 0.3 is 0 Å². The molecule has 3 heteroatoms. The second kappa shape index (κ2) is 8.27. The fraction of sp³-hybridized carbons (Fsp3) is 0.400. The molecule has 2 aromatic rings. The van der Waals surface area contributed by atoms with Crippen molar-refractivity contribution in [3.8, 4) is 0 Å². The highest BCUT2D eigenvalue weighted by molar-refractivity contribution is 14.1. The minimum absolute atomic E-state index is 0.450. The Morgan fingerprint density at radius 1 is 1.04 bits per heavy atom. The van der Waals surface area contributed by atoms with Crippen LogP contribution in [0.5, 0.6) is 0 Å². The summed E-state index contributed by atoms with van der Waals surface area (Å²) in [7, 11) is 0. The van der Waals surface area contributed by atoms with E-state index in [-0.39, 0.29) is 0 Å². The molecule has 0 bridgehead atoms. The summed E-state index contributed by atoms with van der Waals surface area (Å²) in [6.07, 6.45) is 1.14. The fourth-order valence-electron chi connectivity index (χ4n) is 3.33. The van der Waals surface area contributed by atoms with Gasteiger partial charge in [-0.05, 0) is 57.8 Å². The number of hydrogen-bond donors (Lipinski definition) is 1. The van der Waals surface area contributed by atoms with Gasteiger partial charge in [-0.2, -0.15) is 0 Å². The van der Waals surface area contributed by atoms with Crippen molar-refractivity contribution < 1.29 is 0 Å². The van der Waals surface area contributed by atoms with Gasteiger partial charge in [-0.15, -0.1) is 0 Å². The monoisotopic (exact) mass is 420 g/mol. The Morgan fingerprint density at radius 3 is 2.48 bits per heavy atom. The van der Waals surface area contributed by atoms with E-state index in [0.717, 1.165) is 26.1 Å². The molecular weight excluding hydrogens is 395 g/mol. The smallest absolute Gasteiger partial charge is 0.0130 e. The second-order valence-corrected chi connectivity index (χ2v) is 7.56. The van der Waals surface area contributed by atoms with E-state index >= 15 is 0 Å². The molecule has 2 aromatic carbocycles. The maximum absolute atomic E-state index is 3.43. The third-order valence-electron chi connectivity index (χ3n) is 4.80. The van der Waals surface area contributed by atoms with Gasteiger partial charge in [0.2, 0.25) is 0 Å². The molecule has 1 N–H and O–H groups in total. The zero-order valence-corrected chi connectivity index (χ0v) is 15.9. The molecule has 1 heterocycles. The van der Waals surface area contributed by atoms with Gasteiger partial charge in [0.1, 0.15) is 0 Å². The molecule has 1 fully saturated rings. The number of nitrogens with zero attached hydrogens (tertiary/aromatic N) is 1. The first-order chi connectivity index (χ1) is 11.2. The summed E-state index contributed by atoms with van der Waals surface area (Å²) in [6, 6.07) is 17.9. The molecule has 0 amide bonds. The summed E-state index contributed by atoms with van der Waals surface area (Å²) in [5.41, 5.74) is 4.38. The number of piperazine rings is 1. The average Bonchev–Trinajstić information content (AvgIpc) is 2.61. The highest BCUT2D eigenvalue weighted by atomic mass is 127. The minimum Gasteiger partial charge on any atom is -0.314 e. The van der Waals surface area contributed by atoms with E-state index in [1.54, 1.807) is 0 Å². The average molecular weight is 420 g/mol. The van der Waals surface area contributed by atoms with Crippen LogP contribution in [0.15, 0.2) is 48.5 Å². The Balaban J connectivity index is 1.72. The van der Waals surface area contributed by atoms with Crippen molar-refractivity contribution in [2.24, 2.45) is 0 Å². The highest BCUT2D eigenvalue weighted by Crippen LogP contribution is 2.27. The molecule has 0 saturated carbocycles. The second-order valence-electron chi connectivity index (χ2n) is 6.31. The Bertz CT molecular complexity index is 618. The van der Waals surface area contributed by atoms with E-state index in [2.05, 4.69) is 88.3 Å². The molecule has 2 nitrogen and oxygen atoms in total. The van der Waals surface area contributed by atoms with Crippen molar-refractivity contribution in [1.29, 1.82) is 0 Å². The van der Waals surface area contributed by atoms with Crippen molar-refractivity contribution in [3.05, 3.63) is 68.8 Å². The van der Waals surface area contributed by atoms with Crippen molar-refractivity contribution in [3.63, 3.8) is 0 Å². The first-order valence-corrected chi connectivity index (χ1v) is 9.58. The fourth-order valence-corrected chi connectivity index (χ4v) is 3.69. The van der Waals surface area contributed by atoms with E-state index in [1.165, 1.54) is 33.4 Å². The summed E-state index contributed by atoms with van der Waals surface area (Å²) < 4.78 is 1.30. The molecule has 0 aliphatic carbocycles. The van der Waals surface area contributed by atoms with Gasteiger partial charge in [0.05, 0.1) is 0 Å². The lowest BCUT2D eigenvalue weighted by molar-refractivity contribution is 0.243. The van der Waals surface area contributed by atoms with Crippen LogP contribution in [0.3, 0.4) is 0 Å². The first kappa shape index (κ1) is 16.9. The number of rotatable bonds is 5. The molecule has 0 spiro atoms. The molecule has 1 aliphatic rings. The molecule has 1 saturated heterocycles. The maximum atomic E-state index is 3.43. The standard InChI is InChI=1S/C20H25IN2/c1-16(17-6-8-19(21)9-7-17)20-5-3-2-4-18(20)10-13-23-14-11-22-12-15-23/h2-9,16,22H,10-15H2,1H3. The van der Waals surface area contributed by atoms with Crippen LogP contribution in [0.1, 0.15) is 29.5 Å². The summed E-state index contributed by atoms with van der Waals surface area (Å²) in [4.78, 5) is 2.57. The quantitative estimate of drug-likeness (QED) is 0.739. The number of halogens is 1. The molecule has 1 unspecified atom stereocenters. The SMILES string of the molecule is CC(c1ccc(I)cc1)c1ccccc1CCN1CCNCC1. The van der Waals surface area contributed by atoms with Gasteiger partial charge in [-0.1, -0.05) is 43.3 Å². The number of nitrogens with one attached hydrogen (secondary N) is 1. The van der Waals surface area contributed by atoms with Crippen LogP contribution in [0, 0.1) is 3.57 Å². The molecule has 0 aromatic heterocycles. The topological polar surface area (TPSA) is 15.3 Å². The van der Waals surface area contributed by atoms with Gasteiger partial charge in [-0.3, -0.25) is 0 Å². The molecule has 3 rings (SSSR count). The first-order valence-electron chi connectivity index (χ1n) is 8.50. The Kier molecular flexibility index (Phi) is 6.08. The van der Waals surface area contributed by atoms with Gasteiger partial charge in [0, 0.05) is 42.2 Å². The van der Waals surface area contributed by atoms with E-state index in [9.17, 15) is 0 Å². The van der Waals surface area contributed by atoms with Gasteiger partial charge in [0.15, 0.2) is 0 Å². The Labute approximate surface area is 153 Å². The zero-order chi connectivity index (χ0) is 16.1. The summed E-state index contributed by atoms with van der Waals surface area (Å²) >= 11 is 2.37. The third-order valence-corrected chi connectivity index (χ3v) is 5.52. The number of benzene rings is 2. The normalized spacial score (nSPS) is 17.1. The maximum Gasteiger partial charge on any atom is 0.0130 e. The van der Waals surface area contributed by atoms with Crippen LogP contribution in [0.2, 0.25) is 0 Å². The minimum atomic E-state index is 0.450. The molecule has 0 radical (unpaired) electrons. The van der Waals surface area contributed by atoms with Crippen LogP contribution in [-0.4, -0.2) is 37.6 Å². The van der Waals surface area contributed by atoms with Crippen LogP contribution in [0.25, 0.3) is 0 Å². The Hall–Kier alpha value is -0.910. The predicted octanol–water partition coefficient (Wildman–Crippen LogP) is 3.89. The van der Waals surface area contributed by atoms with Gasteiger partial charge < -0.3 is 10.2 Å². The van der Waals surface area contributed by atoms with Crippen molar-refractivity contribution in [2.45, 2.75) is 19.3 Å². The number of hydrogen-bond acceptors (Lipinski definition) is 2. The summed E-state index contributed by atoms with van der Waals surface area (Å²) in [6.45, 7) is 8.09. The van der Waals surface area contributed by atoms with Crippen molar-refractivity contribution >= 4 is 22.6 Å². The molecule has 122 valence electrons. The molecule has 1 atom stereocenters. The van der Waals surface area contributed by atoms with E-state index in [0.29, 0.717) is 5.92 Å². The van der Waals surface area contributed by atoms with E-state index in [1.807, 2.05) is 0 Å². The van der Waals surface area contributed by atoms with Crippen LogP contribution in [-0.2, 0) is 6.42 Å². The van der Waals surface area contributed by atoms with Gasteiger partial charge in [0.25, 0.3) is 0 Å². The van der Waals surface area contributed by atoms with Crippen LogP contribution < -0.4 is 5.32 Å². The van der Waals surface area contributed by atoms with E-state index < -0.39 is 0 Å². The van der Waals surface area contributed by atoms with Crippen molar-refractivity contribution in [1.82, 2.24) is 10.2 Å². The van der Waals surface area contributed by atoms with Crippen LogP contribution in [0.4, 0.5) is 0 Å². The van der Waals surface area contributed by atoms with Gasteiger partial charge in [-0.25, -0.2) is 0 Å². The predicted molar refractivity (Wildman–Crippen MR) is 106 cm³/mol. The lowest BCUT2D eigenvalue weighted by Gasteiger charge is -2.27. The summed E-state index contributed by atoms with van der Waals surface area (Å²) in [5, 5.41) is 3.43. The molecule has 23 heavy (non-hydrogen) atoms. The van der Waals surface area contributed by atoms with Crippen LogP contribution >= 0.6 is 22.6 Å². The summed E-state index contributed by atoms with van der Waals surface area (Å²) in [5.74, 6) is 0.450. The third kappa shape index (κ3) is 4.55. The zero-order valence-electron chi connectivity index (χ0n) is 13.8. The lowest BCUT2D eigenvalue weighted by Crippen LogP contribution is -2.44. The largest absolute Gasteiger partial charge is 0.314 e. The highest BCUT2D eigenvalue weighted by Gasteiger charge is 2.14.